The molecule has 5 unspecified atom stereocenters. The highest BCUT2D eigenvalue weighted by Gasteiger charge is 2.85. The number of hydrogen-bond acceptors (Lipinski definition) is 0. The van der Waals surface area contributed by atoms with Crippen LogP contribution in [0.5, 0.6) is 0 Å². The summed E-state index contributed by atoms with van der Waals surface area (Å²) >= 11 is 0. The smallest absolute Gasteiger partial charge is 0.0199 e. The maximum atomic E-state index is 2.55. The van der Waals surface area contributed by atoms with E-state index in [1.54, 1.807) is 12.8 Å². The first-order valence-corrected chi connectivity index (χ1v) is 6.01. The molecule has 0 bridgehead atoms. The molecule has 74 valence electrons. The van der Waals surface area contributed by atoms with Crippen LogP contribution < -0.4 is 0 Å². The molecular weight excluding hydrogens is 156 g/mol. The largest absolute Gasteiger partial charge is 0.0628 e. The lowest BCUT2D eigenvalue weighted by Crippen LogP contribution is -2.42. The highest BCUT2D eigenvalue weighted by molar-refractivity contribution is 5.33. The number of rotatable bonds is 2. The average molecular weight is 178 g/mol. The van der Waals surface area contributed by atoms with Crippen molar-refractivity contribution in [3.63, 3.8) is 0 Å². The van der Waals surface area contributed by atoms with Crippen LogP contribution in [0.1, 0.15) is 47.0 Å². The normalized spacial score (nSPS) is 62.1. The molecule has 3 aliphatic carbocycles. The summed E-state index contributed by atoms with van der Waals surface area (Å²) in [7, 11) is 0. The molecule has 0 amide bonds. The van der Waals surface area contributed by atoms with Crippen molar-refractivity contribution in [2.45, 2.75) is 47.0 Å². The molecule has 3 rings (SSSR count). The van der Waals surface area contributed by atoms with E-state index < -0.39 is 0 Å². The number of hydrogen-bond donors (Lipinski definition) is 0. The number of fused-ring (bicyclic) bond motifs is 1. The molecule has 1 spiro atoms. The molecule has 13 heavy (non-hydrogen) atoms. The zero-order valence-corrected chi connectivity index (χ0v) is 9.43. The molecule has 3 fully saturated rings. The van der Waals surface area contributed by atoms with Crippen LogP contribution in [-0.4, -0.2) is 0 Å². The van der Waals surface area contributed by atoms with Gasteiger partial charge in [0, 0.05) is 0 Å². The molecular formula is C13H22. The predicted molar refractivity (Wildman–Crippen MR) is 55.4 cm³/mol. The van der Waals surface area contributed by atoms with Crippen LogP contribution in [0, 0.1) is 34.5 Å². The third-order valence-corrected chi connectivity index (χ3v) is 5.42. The summed E-state index contributed by atoms with van der Waals surface area (Å²) < 4.78 is 0. The van der Waals surface area contributed by atoms with Crippen LogP contribution in [0.4, 0.5) is 0 Å². The summed E-state index contributed by atoms with van der Waals surface area (Å²) in [6, 6.07) is 0. The minimum Gasteiger partial charge on any atom is -0.0628 e. The first-order valence-electron chi connectivity index (χ1n) is 6.01. The minimum atomic E-state index is 0.754. The van der Waals surface area contributed by atoms with Gasteiger partial charge in [0.05, 0.1) is 0 Å². The van der Waals surface area contributed by atoms with Gasteiger partial charge in [-0.25, -0.2) is 0 Å². The van der Waals surface area contributed by atoms with Gasteiger partial charge in [0.2, 0.25) is 0 Å². The minimum absolute atomic E-state index is 0.754. The Labute approximate surface area is 82.1 Å². The molecule has 0 saturated heterocycles. The second-order valence-corrected chi connectivity index (χ2v) is 6.76. The van der Waals surface area contributed by atoms with E-state index in [0.29, 0.717) is 0 Å². The molecule has 0 heteroatoms. The van der Waals surface area contributed by atoms with Gasteiger partial charge in [-0.15, -0.1) is 0 Å². The average Bonchev–Trinajstić information content (AvgIpc) is 2.44. The van der Waals surface area contributed by atoms with Gasteiger partial charge in [-0.2, -0.15) is 0 Å². The summed E-state index contributed by atoms with van der Waals surface area (Å²) in [4.78, 5) is 0. The summed E-state index contributed by atoms with van der Waals surface area (Å²) in [5.41, 5.74) is 1.66. The van der Waals surface area contributed by atoms with Gasteiger partial charge in [0.1, 0.15) is 0 Å². The lowest BCUT2D eigenvalue weighted by molar-refractivity contribution is -0.00603. The quantitative estimate of drug-likeness (QED) is 0.604. The Morgan fingerprint density at radius 3 is 2.46 bits per heavy atom. The van der Waals surface area contributed by atoms with Crippen molar-refractivity contribution >= 4 is 0 Å². The van der Waals surface area contributed by atoms with Crippen molar-refractivity contribution in [1.82, 2.24) is 0 Å². The Balaban J connectivity index is 1.73. The van der Waals surface area contributed by atoms with Crippen LogP contribution >= 0.6 is 0 Å². The van der Waals surface area contributed by atoms with E-state index in [1.807, 2.05) is 0 Å². The monoisotopic (exact) mass is 178 g/mol. The van der Waals surface area contributed by atoms with Gasteiger partial charge in [-0.05, 0) is 53.8 Å². The third kappa shape index (κ3) is 0.714. The second-order valence-electron chi connectivity index (χ2n) is 6.76. The van der Waals surface area contributed by atoms with Gasteiger partial charge < -0.3 is 0 Å². The Hall–Kier alpha value is 0. The molecule has 0 aromatic heterocycles. The van der Waals surface area contributed by atoms with Crippen molar-refractivity contribution in [2.75, 3.05) is 0 Å². The van der Waals surface area contributed by atoms with Gasteiger partial charge in [-0.1, -0.05) is 27.7 Å². The SMILES string of the molecule is CC(C)CC1(C)CC23C(C)CC2C13. The van der Waals surface area contributed by atoms with E-state index in [4.69, 9.17) is 0 Å². The Bertz CT molecular complexity index is 255. The molecule has 0 aromatic carbocycles. The molecule has 3 saturated carbocycles. The van der Waals surface area contributed by atoms with Crippen molar-refractivity contribution in [2.24, 2.45) is 34.5 Å². The standard InChI is InChI=1S/C13H22/c1-8(2)6-12(4)7-13-9(3)5-10(13)11(12)13/h8-11H,5-7H2,1-4H3. The highest BCUT2D eigenvalue weighted by Crippen LogP contribution is 2.91. The summed E-state index contributed by atoms with van der Waals surface area (Å²) in [5.74, 6) is 4.30. The summed E-state index contributed by atoms with van der Waals surface area (Å²) in [6.45, 7) is 9.79. The molecule has 0 heterocycles. The molecule has 3 aliphatic rings. The molecule has 0 radical (unpaired) electrons. The van der Waals surface area contributed by atoms with E-state index in [-0.39, 0.29) is 0 Å². The predicted octanol–water partition coefficient (Wildman–Crippen LogP) is 3.71. The Kier molecular flexibility index (Phi) is 1.27. The maximum Gasteiger partial charge on any atom is -0.0199 e. The molecule has 0 aromatic rings. The van der Waals surface area contributed by atoms with Crippen LogP contribution in [0.25, 0.3) is 0 Å². The van der Waals surface area contributed by atoms with E-state index in [2.05, 4.69) is 27.7 Å². The van der Waals surface area contributed by atoms with Crippen LogP contribution in [0.2, 0.25) is 0 Å². The van der Waals surface area contributed by atoms with E-state index in [1.165, 1.54) is 12.3 Å². The zero-order chi connectivity index (χ0) is 9.43. The van der Waals surface area contributed by atoms with Crippen molar-refractivity contribution in [3.8, 4) is 0 Å². The fourth-order valence-corrected chi connectivity index (χ4v) is 5.37. The summed E-state index contributed by atoms with van der Waals surface area (Å²) in [6.07, 6.45) is 4.59. The van der Waals surface area contributed by atoms with Crippen LogP contribution in [0.3, 0.4) is 0 Å². The Morgan fingerprint density at radius 2 is 2.08 bits per heavy atom. The van der Waals surface area contributed by atoms with Crippen LogP contribution in [-0.2, 0) is 0 Å². The highest BCUT2D eigenvalue weighted by atomic mass is 14.9. The fraction of sp³-hybridized carbons (Fsp3) is 1.00. The zero-order valence-electron chi connectivity index (χ0n) is 9.43. The molecule has 0 N–H and O–H groups in total. The first kappa shape index (κ1) is 8.32. The molecule has 0 nitrogen and oxygen atoms in total. The van der Waals surface area contributed by atoms with E-state index in [9.17, 15) is 0 Å². The third-order valence-electron chi connectivity index (χ3n) is 5.42. The lowest BCUT2D eigenvalue weighted by atomic mass is 9.55. The lowest BCUT2D eigenvalue weighted by Gasteiger charge is -2.49. The first-order chi connectivity index (χ1) is 6.01. The van der Waals surface area contributed by atoms with Gasteiger partial charge in [0.15, 0.2) is 0 Å². The maximum absolute atomic E-state index is 2.55. The molecule has 5 atom stereocenters. The second kappa shape index (κ2) is 1.99. The van der Waals surface area contributed by atoms with Gasteiger partial charge in [-0.3, -0.25) is 0 Å². The molecule has 0 aliphatic heterocycles. The topological polar surface area (TPSA) is 0 Å². The van der Waals surface area contributed by atoms with Crippen LogP contribution in [0.15, 0.2) is 0 Å². The Morgan fingerprint density at radius 1 is 1.38 bits per heavy atom. The van der Waals surface area contributed by atoms with E-state index >= 15 is 0 Å². The van der Waals surface area contributed by atoms with Crippen molar-refractivity contribution in [1.29, 1.82) is 0 Å². The van der Waals surface area contributed by atoms with Crippen molar-refractivity contribution in [3.05, 3.63) is 0 Å². The van der Waals surface area contributed by atoms with E-state index in [0.717, 1.165) is 28.6 Å². The van der Waals surface area contributed by atoms with Crippen molar-refractivity contribution < 1.29 is 0 Å². The van der Waals surface area contributed by atoms with Gasteiger partial charge >= 0.3 is 0 Å². The fourth-order valence-electron chi connectivity index (χ4n) is 5.37. The van der Waals surface area contributed by atoms with Gasteiger partial charge in [0.25, 0.3) is 0 Å². The summed E-state index contributed by atoms with van der Waals surface area (Å²) in [5, 5.41) is 0.